The standard InChI is InChI=1S/C18H24N4O3/c1-4-5-16(23)21-8-10-22(11-9-21)17(24)13-6-7-14-15(12-13)20(3)18(25)19(14)2/h6-7,12H,4-5,8-11H2,1-3H3. The molecule has 0 aliphatic carbocycles. The number of piperazine rings is 1. The van der Waals surface area contributed by atoms with E-state index in [0.29, 0.717) is 38.2 Å². The van der Waals surface area contributed by atoms with Crippen LogP contribution in [0, 0.1) is 0 Å². The number of benzene rings is 1. The molecule has 2 amide bonds. The summed E-state index contributed by atoms with van der Waals surface area (Å²) in [6, 6.07) is 5.34. The van der Waals surface area contributed by atoms with E-state index in [1.54, 1.807) is 40.3 Å². The fraction of sp³-hybridized carbons (Fsp3) is 0.500. The van der Waals surface area contributed by atoms with Crippen molar-refractivity contribution in [2.24, 2.45) is 14.1 Å². The number of fused-ring (bicyclic) bond motifs is 1. The number of aromatic nitrogens is 2. The van der Waals surface area contributed by atoms with Crippen molar-refractivity contribution in [1.82, 2.24) is 18.9 Å². The zero-order valence-corrected chi connectivity index (χ0v) is 15.0. The van der Waals surface area contributed by atoms with Gasteiger partial charge in [0, 0.05) is 52.3 Å². The largest absolute Gasteiger partial charge is 0.339 e. The normalized spacial score (nSPS) is 15.0. The van der Waals surface area contributed by atoms with Crippen LogP contribution in [0.1, 0.15) is 30.1 Å². The van der Waals surface area contributed by atoms with Crippen LogP contribution in [0.15, 0.2) is 23.0 Å². The Morgan fingerprint density at radius 2 is 1.56 bits per heavy atom. The highest BCUT2D eigenvalue weighted by molar-refractivity contribution is 5.97. The van der Waals surface area contributed by atoms with Crippen LogP contribution >= 0.6 is 0 Å². The second-order valence-electron chi connectivity index (χ2n) is 6.53. The zero-order valence-electron chi connectivity index (χ0n) is 15.0. The Hall–Kier alpha value is -2.57. The molecule has 1 saturated heterocycles. The second-order valence-corrected chi connectivity index (χ2v) is 6.53. The third kappa shape index (κ3) is 3.06. The molecule has 0 atom stereocenters. The fourth-order valence-electron chi connectivity index (χ4n) is 3.35. The van der Waals surface area contributed by atoms with E-state index in [2.05, 4.69) is 0 Å². The summed E-state index contributed by atoms with van der Waals surface area (Å²) >= 11 is 0. The van der Waals surface area contributed by atoms with Gasteiger partial charge in [0.15, 0.2) is 0 Å². The number of carbonyl (C=O) groups is 2. The molecule has 0 radical (unpaired) electrons. The molecule has 7 heteroatoms. The van der Waals surface area contributed by atoms with Crippen LogP contribution in [-0.2, 0) is 18.9 Å². The molecule has 2 aromatic rings. The Balaban J connectivity index is 1.76. The van der Waals surface area contributed by atoms with Gasteiger partial charge < -0.3 is 9.80 Å². The summed E-state index contributed by atoms with van der Waals surface area (Å²) < 4.78 is 3.12. The van der Waals surface area contributed by atoms with Gasteiger partial charge in [0.2, 0.25) is 5.91 Å². The van der Waals surface area contributed by atoms with Crippen LogP contribution in [0.4, 0.5) is 0 Å². The van der Waals surface area contributed by atoms with E-state index in [0.717, 1.165) is 17.5 Å². The molecule has 3 rings (SSSR count). The minimum Gasteiger partial charge on any atom is -0.339 e. The van der Waals surface area contributed by atoms with Gasteiger partial charge >= 0.3 is 5.69 Å². The molecule has 134 valence electrons. The lowest BCUT2D eigenvalue weighted by Crippen LogP contribution is -2.50. The van der Waals surface area contributed by atoms with Crippen molar-refractivity contribution in [2.75, 3.05) is 26.2 Å². The monoisotopic (exact) mass is 344 g/mol. The molecule has 0 N–H and O–H groups in total. The molecular formula is C18H24N4O3. The maximum atomic E-state index is 12.8. The predicted molar refractivity (Wildman–Crippen MR) is 95.6 cm³/mol. The van der Waals surface area contributed by atoms with Gasteiger partial charge in [-0.15, -0.1) is 0 Å². The minimum atomic E-state index is -0.109. The molecule has 0 saturated carbocycles. The van der Waals surface area contributed by atoms with Crippen molar-refractivity contribution in [2.45, 2.75) is 19.8 Å². The van der Waals surface area contributed by atoms with Crippen LogP contribution in [0.5, 0.6) is 0 Å². The first-order valence-corrected chi connectivity index (χ1v) is 8.66. The number of aryl methyl sites for hydroxylation is 2. The minimum absolute atomic E-state index is 0.0548. The molecule has 1 aliphatic heterocycles. The predicted octanol–water partition coefficient (Wildman–Crippen LogP) is 0.961. The van der Waals surface area contributed by atoms with Gasteiger partial charge in [-0.1, -0.05) is 6.92 Å². The summed E-state index contributed by atoms with van der Waals surface area (Å²) in [5.74, 6) is 0.107. The fourth-order valence-corrected chi connectivity index (χ4v) is 3.35. The zero-order chi connectivity index (χ0) is 18.1. The molecule has 1 fully saturated rings. The van der Waals surface area contributed by atoms with E-state index in [1.807, 2.05) is 17.9 Å². The van der Waals surface area contributed by atoms with E-state index in [4.69, 9.17) is 0 Å². The van der Waals surface area contributed by atoms with Gasteiger partial charge in [0.1, 0.15) is 0 Å². The number of hydrogen-bond acceptors (Lipinski definition) is 3. The number of rotatable bonds is 3. The summed E-state index contributed by atoms with van der Waals surface area (Å²) in [6.07, 6.45) is 1.40. The summed E-state index contributed by atoms with van der Waals surface area (Å²) in [7, 11) is 3.43. The van der Waals surface area contributed by atoms with Crippen LogP contribution in [0.3, 0.4) is 0 Å². The van der Waals surface area contributed by atoms with Crippen molar-refractivity contribution in [1.29, 1.82) is 0 Å². The Morgan fingerprint density at radius 1 is 0.960 bits per heavy atom. The van der Waals surface area contributed by atoms with Crippen LogP contribution < -0.4 is 5.69 Å². The highest BCUT2D eigenvalue weighted by Crippen LogP contribution is 2.16. The number of amides is 2. The SMILES string of the molecule is CCCC(=O)N1CCN(C(=O)c2ccc3c(c2)n(C)c(=O)n3C)CC1. The molecule has 1 aromatic carbocycles. The maximum absolute atomic E-state index is 12.8. The second kappa shape index (κ2) is 6.74. The van der Waals surface area contributed by atoms with Crippen molar-refractivity contribution >= 4 is 22.8 Å². The maximum Gasteiger partial charge on any atom is 0.328 e. The van der Waals surface area contributed by atoms with Gasteiger partial charge in [0.25, 0.3) is 5.91 Å². The third-order valence-corrected chi connectivity index (χ3v) is 4.90. The van der Waals surface area contributed by atoms with Crippen LogP contribution in [0.25, 0.3) is 11.0 Å². The molecule has 0 unspecified atom stereocenters. The molecule has 0 bridgehead atoms. The van der Waals surface area contributed by atoms with E-state index in [-0.39, 0.29) is 17.5 Å². The van der Waals surface area contributed by atoms with Gasteiger partial charge in [-0.3, -0.25) is 18.7 Å². The summed E-state index contributed by atoms with van der Waals surface area (Å²) in [4.78, 5) is 40.4. The quantitative estimate of drug-likeness (QED) is 0.833. The molecule has 2 heterocycles. The van der Waals surface area contributed by atoms with E-state index in [1.165, 1.54) is 0 Å². The summed E-state index contributed by atoms with van der Waals surface area (Å²) in [5, 5.41) is 0. The molecule has 0 spiro atoms. The molecule has 1 aromatic heterocycles. The van der Waals surface area contributed by atoms with Crippen LogP contribution in [-0.4, -0.2) is 56.9 Å². The van der Waals surface area contributed by atoms with Crippen molar-refractivity contribution in [3.63, 3.8) is 0 Å². The lowest BCUT2D eigenvalue weighted by Gasteiger charge is -2.34. The van der Waals surface area contributed by atoms with Crippen LogP contribution in [0.2, 0.25) is 0 Å². The Bertz CT molecular complexity index is 872. The highest BCUT2D eigenvalue weighted by Gasteiger charge is 2.24. The summed E-state index contributed by atoms with van der Waals surface area (Å²) in [6.45, 7) is 4.23. The summed E-state index contributed by atoms with van der Waals surface area (Å²) in [5.41, 5.74) is 2.01. The molecule has 7 nitrogen and oxygen atoms in total. The van der Waals surface area contributed by atoms with E-state index < -0.39 is 0 Å². The first-order chi connectivity index (χ1) is 11.9. The third-order valence-electron chi connectivity index (χ3n) is 4.90. The Labute approximate surface area is 146 Å². The first-order valence-electron chi connectivity index (χ1n) is 8.66. The Morgan fingerprint density at radius 3 is 2.20 bits per heavy atom. The highest BCUT2D eigenvalue weighted by atomic mass is 16.2. The van der Waals surface area contributed by atoms with Crippen molar-refractivity contribution < 1.29 is 9.59 Å². The van der Waals surface area contributed by atoms with E-state index >= 15 is 0 Å². The molecule has 1 aliphatic rings. The average molecular weight is 344 g/mol. The average Bonchev–Trinajstić information content (AvgIpc) is 2.85. The van der Waals surface area contributed by atoms with Crippen molar-refractivity contribution in [3.8, 4) is 0 Å². The number of imidazole rings is 1. The first kappa shape index (κ1) is 17.3. The van der Waals surface area contributed by atoms with E-state index in [9.17, 15) is 14.4 Å². The van der Waals surface area contributed by atoms with Crippen molar-refractivity contribution in [3.05, 3.63) is 34.2 Å². The molecule has 25 heavy (non-hydrogen) atoms. The number of nitrogens with zero attached hydrogens (tertiary/aromatic N) is 4. The topological polar surface area (TPSA) is 67.6 Å². The lowest BCUT2D eigenvalue weighted by atomic mass is 10.1. The van der Waals surface area contributed by atoms with Gasteiger partial charge in [-0.25, -0.2) is 4.79 Å². The van der Waals surface area contributed by atoms with Gasteiger partial charge in [-0.2, -0.15) is 0 Å². The lowest BCUT2D eigenvalue weighted by molar-refractivity contribution is -0.132. The number of carbonyl (C=O) groups excluding carboxylic acids is 2. The smallest absolute Gasteiger partial charge is 0.328 e. The van der Waals surface area contributed by atoms with Gasteiger partial charge in [0.05, 0.1) is 11.0 Å². The van der Waals surface area contributed by atoms with Gasteiger partial charge in [-0.05, 0) is 24.6 Å². The Kier molecular flexibility index (Phi) is 4.65. The number of hydrogen-bond donors (Lipinski definition) is 0. The molecular weight excluding hydrogens is 320 g/mol.